The molecule has 1 aromatic heterocycles. The molecule has 6 heteroatoms. The molecule has 0 unspecified atom stereocenters. The van der Waals surface area contributed by atoms with Gasteiger partial charge >= 0.3 is 0 Å². The van der Waals surface area contributed by atoms with Gasteiger partial charge in [0.05, 0.1) is 6.26 Å². The lowest BCUT2D eigenvalue weighted by atomic mass is 10.0. The number of hydrogen-bond acceptors (Lipinski definition) is 3. The van der Waals surface area contributed by atoms with Crippen LogP contribution in [0.5, 0.6) is 0 Å². The van der Waals surface area contributed by atoms with Gasteiger partial charge in [0, 0.05) is 24.0 Å². The number of para-hydroxylation sites is 1. The summed E-state index contributed by atoms with van der Waals surface area (Å²) in [4.78, 5) is 15.1. The van der Waals surface area contributed by atoms with E-state index >= 15 is 0 Å². The summed E-state index contributed by atoms with van der Waals surface area (Å²) < 4.78 is 24.7. The van der Waals surface area contributed by atoms with E-state index in [-0.39, 0.29) is 12.1 Å². The molecule has 3 aromatic rings. The van der Waals surface area contributed by atoms with E-state index in [0.717, 1.165) is 28.3 Å². The molecule has 0 amide bonds. The summed E-state index contributed by atoms with van der Waals surface area (Å²) in [5.41, 5.74) is 3.32. The first-order valence-corrected chi connectivity index (χ1v) is 9.43. The monoisotopic (exact) mass is 342 g/mol. The maximum absolute atomic E-state index is 12.2. The highest BCUT2D eigenvalue weighted by atomic mass is 32.2. The van der Waals surface area contributed by atoms with Crippen LogP contribution in [0.1, 0.15) is 16.7 Å². The van der Waals surface area contributed by atoms with Crippen molar-refractivity contribution in [3.63, 3.8) is 0 Å². The second-order valence-corrected chi connectivity index (χ2v) is 7.63. The normalized spacial score (nSPS) is 11.7. The molecule has 5 nitrogen and oxygen atoms in total. The standard InChI is InChI=1S/C18H18N2O3S/c1-24(22,23)19-12-14-8-6-13(7-9-14)10-16-11-15-4-2-3-5-17(15)20-18(16)21/h2-9,11,19H,10,12H2,1H3,(H,20,21). The summed E-state index contributed by atoms with van der Waals surface area (Å²) in [6.07, 6.45) is 1.66. The SMILES string of the molecule is CS(=O)(=O)NCc1ccc(Cc2cc3ccccc3[nH]c2=O)cc1. The molecular formula is C18H18N2O3S. The van der Waals surface area contributed by atoms with Gasteiger partial charge in [-0.3, -0.25) is 4.79 Å². The summed E-state index contributed by atoms with van der Waals surface area (Å²) in [5, 5.41) is 1.00. The number of H-pyrrole nitrogens is 1. The molecule has 0 aliphatic rings. The molecule has 0 bridgehead atoms. The molecule has 2 N–H and O–H groups in total. The molecule has 0 saturated carbocycles. The van der Waals surface area contributed by atoms with Crippen molar-refractivity contribution in [1.29, 1.82) is 0 Å². The average Bonchev–Trinajstić information content (AvgIpc) is 2.54. The Morgan fingerprint density at radius 3 is 2.38 bits per heavy atom. The van der Waals surface area contributed by atoms with Crippen molar-refractivity contribution in [3.05, 3.63) is 81.6 Å². The molecule has 1 heterocycles. The Labute approximate surface area is 140 Å². The number of nitrogens with one attached hydrogen (secondary N) is 2. The van der Waals surface area contributed by atoms with E-state index in [0.29, 0.717) is 12.0 Å². The van der Waals surface area contributed by atoms with Gasteiger partial charge in [0.15, 0.2) is 0 Å². The summed E-state index contributed by atoms with van der Waals surface area (Å²) in [5.74, 6) is 0. The van der Waals surface area contributed by atoms with Crippen molar-refractivity contribution >= 4 is 20.9 Å². The zero-order chi connectivity index (χ0) is 17.2. The zero-order valence-electron chi connectivity index (χ0n) is 13.2. The fraction of sp³-hybridized carbons (Fsp3) is 0.167. The fourth-order valence-electron chi connectivity index (χ4n) is 2.53. The van der Waals surface area contributed by atoms with E-state index in [1.54, 1.807) is 0 Å². The van der Waals surface area contributed by atoms with Crippen LogP contribution in [0.4, 0.5) is 0 Å². The quantitative estimate of drug-likeness (QED) is 0.746. The van der Waals surface area contributed by atoms with Gasteiger partial charge in [0.1, 0.15) is 0 Å². The minimum atomic E-state index is -3.20. The fourth-order valence-corrected chi connectivity index (χ4v) is 2.96. The van der Waals surface area contributed by atoms with Gasteiger partial charge in [0.2, 0.25) is 10.0 Å². The van der Waals surface area contributed by atoms with Crippen LogP contribution in [-0.4, -0.2) is 19.7 Å². The van der Waals surface area contributed by atoms with Gasteiger partial charge in [-0.1, -0.05) is 42.5 Å². The Bertz CT molecular complexity index is 1020. The summed E-state index contributed by atoms with van der Waals surface area (Å²) >= 11 is 0. The number of sulfonamides is 1. The summed E-state index contributed by atoms with van der Waals surface area (Å²) in [7, 11) is -3.20. The van der Waals surface area contributed by atoms with Crippen molar-refractivity contribution in [2.45, 2.75) is 13.0 Å². The lowest BCUT2D eigenvalue weighted by Gasteiger charge is -2.06. The molecule has 0 aliphatic heterocycles. The third kappa shape index (κ3) is 4.10. The van der Waals surface area contributed by atoms with Crippen LogP contribution in [0, 0.1) is 0 Å². The van der Waals surface area contributed by atoms with Gasteiger partial charge in [-0.15, -0.1) is 0 Å². The van der Waals surface area contributed by atoms with Crippen LogP contribution in [0.15, 0.2) is 59.4 Å². The molecule has 0 saturated heterocycles. The largest absolute Gasteiger partial charge is 0.322 e. The van der Waals surface area contributed by atoms with E-state index < -0.39 is 10.0 Å². The number of fused-ring (bicyclic) bond motifs is 1. The van der Waals surface area contributed by atoms with Crippen molar-refractivity contribution in [1.82, 2.24) is 9.71 Å². The number of rotatable bonds is 5. The minimum absolute atomic E-state index is 0.0866. The van der Waals surface area contributed by atoms with E-state index in [4.69, 9.17) is 0 Å². The van der Waals surface area contributed by atoms with Crippen LogP contribution in [0.25, 0.3) is 10.9 Å². The Morgan fingerprint density at radius 1 is 1.00 bits per heavy atom. The Morgan fingerprint density at radius 2 is 1.67 bits per heavy atom. The molecule has 3 rings (SSSR count). The van der Waals surface area contributed by atoms with Crippen LogP contribution in [0.3, 0.4) is 0 Å². The topological polar surface area (TPSA) is 79.0 Å². The maximum Gasteiger partial charge on any atom is 0.251 e. The lowest BCUT2D eigenvalue weighted by molar-refractivity contribution is 0.587. The highest BCUT2D eigenvalue weighted by Crippen LogP contribution is 2.13. The van der Waals surface area contributed by atoms with E-state index in [1.807, 2.05) is 54.6 Å². The smallest absolute Gasteiger partial charge is 0.251 e. The van der Waals surface area contributed by atoms with Crippen LogP contribution in [-0.2, 0) is 23.0 Å². The molecule has 0 radical (unpaired) electrons. The van der Waals surface area contributed by atoms with E-state index in [9.17, 15) is 13.2 Å². The highest BCUT2D eigenvalue weighted by molar-refractivity contribution is 7.88. The lowest BCUT2D eigenvalue weighted by Crippen LogP contribution is -2.21. The van der Waals surface area contributed by atoms with Crippen LogP contribution >= 0.6 is 0 Å². The second-order valence-electron chi connectivity index (χ2n) is 5.80. The molecule has 124 valence electrons. The molecule has 2 aromatic carbocycles. The second kappa shape index (κ2) is 6.59. The number of aromatic amines is 1. The molecule has 0 aliphatic carbocycles. The van der Waals surface area contributed by atoms with Gasteiger partial charge in [-0.2, -0.15) is 0 Å². The third-order valence-corrected chi connectivity index (χ3v) is 4.46. The molecular weight excluding hydrogens is 324 g/mol. The Hall–Kier alpha value is -2.44. The number of aromatic nitrogens is 1. The number of benzene rings is 2. The van der Waals surface area contributed by atoms with Crippen LogP contribution < -0.4 is 10.3 Å². The third-order valence-electron chi connectivity index (χ3n) is 3.79. The van der Waals surface area contributed by atoms with Crippen molar-refractivity contribution in [2.75, 3.05) is 6.26 Å². The predicted molar refractivity (Wildman–Crippen MR) is 95.5 cm³/mol. The molecule has 24 heavy (non-hydrogen) atoms. The molecule has 0 fully saturated rings. The van der Waals surface area contributed by atoms with E-state index in [2.05, 4.69) is 9.71 Å². The van der Waals surface area contributed by atoms with Crippen molar-refractivity contribution < 1.29 is 8.42 Å². The van der Waals surface area contributed by atoms with Gasteiger partial charge in [-0.05, 0) is 28.6 Å². The molecule has 0 atom stereocenters. The van der Waals surface area contributed by atoms with Gasteiger partial charge in [0.25, 0.3) is 5.56 Å². The Kier molecular flexibility index (Phi) is 4.51. The number of hydrogen-bond donors (Lipinski definition) is 2. The first-order chi connectivity index (χ1) is 11.4. The summed E-state index contributed by atoms with van der Waals surface area (Å²) in [6.45, 7) is 0.260. The van der Waals surface area contributed by atoms with Gasteiger partial charge in [-0.25, -0.2) is 13.1 Å². The number of pyridine rings is 1. The predicted octanol–water partition coefficient (Wildman–Crippen LogP) is 2.17. The van der Waals surface area contributed by atoms with Crippen molar-refractivity contribution in [3.8, 4) is 0 Å². The van der Waals surface area contributed by atoms with Gasteiger partial charge < -0.3 is 4.98 Å². The highest BCUT2D eigenvalue weighted by Gasteiger charge is 2.05. The minimum Gasteiger partial charge on any atom is -0.322 e. The first kappa shape index (κ1) is 16.4. The Balaban J connectivity index is 1.79. The average molecular weight is 342 g/mol. The zero-order valence-corrected chi connectivity index (χ0v) is 14.1. The maximum atomic E-state index is 12.2. The van der Waals surface area contributed by atoms with E-state index in [1.165, 1.54) is 0 Å². The van der Waals surface area contributed by atoms with Crippen molar-refractivity contribution in [2.24, 2.45) is 0 Å². The first-order valence-electron chi connectivity index (χ1n) is 7.54. The summed E-state index contributed by atoms with van der Waals surface area (Å²) in [6, 6.07) is 17.1. The molecule has 0 spiro atoms. The van der Waals surface area contributed by atoms with Crippen LogP contribution in [0.2, 0.25) is 0 Å².